The summed E-state index contributed by atoms with van der Waals surface area (Å²) in [6.45, 7) is 3.95. The molecule has 0 unspecified atom stereocenters. The van der Waals surface area contributed by atoms with E-state index < -0.39 is 0 Å². The first-order valence-electron chi connectivity index (χ1n) is 10.3. The summed E-state index contributed by atoms with van der Waals surface area (Å²) >= 11 is 0. The van der Waals surface area contributed by atoms with Gasteiger partial charge in [-0.15, -0.1) is 12.4 Å². The number of hydrogen-bond donors (Lipinski definition) is 1. The van der Waals surface area contributed by atoms with Crippen LogP contribution in [0.25, 0.3) is 27.7 Å². The summed E-state index contributed by atoms with van der Waals surface area (Å²) in [4.78, 5) is 13.0. The topological polar surface area (TPSA) is 48.2 Å². The Kier molecular flexibility index (Phi) is 5.65. The van der Waals surface area contributed by atoms with Gasteiger partial charge in [0.25, 0.3) is 5.56 Å². The van der Waals surface area contributed by atoms with Crippen molar-refractivity contribution < 1.29 is 4.74 Å². The summed E-state index contributed by atoms with van der Waals surface area (Å²) in [5.74, 6) is 0.818. The van der Waals surface area contributed by atoms with Gasteiger partial charge in [0.15, 0.2) is 0 Å². The summed E-state index contributed by atoms with van der Waals surface area (Å²) in [5, 5.41) is 4.72. The van der Waals surface area contributed by atoms with E-state index in [0.29, 0.717) is 0 Å². The van der Waals surface area contributed by atoms with Crippen molar-refractivity contribution in [2.24, 2.45) is 7.05 Å². The molecule has 5 rings (SSSR count). The fraction of sp³-hybridized carbons (Fsp3) is 0.240. The van der Waals surface area contributed by atoms with Crippen LogP contribution in [0.5, 0.6) is 5.75 Å². The van der Waals surface area contributed by atoms with E-state index in [9.17, 15) is 4.79 Å². The van der Waals surface area contributed by atoms with E-state index >= 15 is 0 Å². The SMILES string of the molecule is COc1ccc(-c2ccn(-c3ccc4c5c(n(C)c4c3)CCNC5)c(=O)c2)c(C)c1.Cl. The summed E-state index contributed by atoms with van der Waals surface area (Å²) < 4.78 is 9.28. The van der Waals surface area contributed by atoms with E-state index in [1.54, 1.807) is 17.7 Å². The normalized spacial score (nSPS) is 13.0. The second-order valence-electron chi connectivity index (χ2n) is 7.92. The molecule has 0 saturated carbocycles. The third-order valence-electron chi connectivity index (χ3n) is 6.20. The van der Waals surface area contributed by atoms with Gasteiger partial charge in [0, 0.05) is 49.9 Å². The van der Waals surface area contributed by atoms with Crippen molar-refractivity contribution in [2.75, 3.05) is 13.7 Å². The highest BCUT2D eigenvalue weighted by atomic mass is 35.5. The van der Waals surface area contributed by atoms with Crippen LogP contribution in [-0.2, 0) is 20.0 Å². The number of ether oxygens (including phenoxy) is 1. The van der Waals surface area contributed by atoms with Crippen LogP contribution in [0.3, 0.4) is 0 Å². The number of halogens is 1. The van der Waals surface area contributed by atoms with Gasteiger partial charge in [0.05, 0.1) is 18.3 Å². The zero-order valence-corrected chi connectivity index (χ0v) is 18.8. The van der Waals surface area contributed by atoms with Crippen LogP contribution in [0.4, 0.5) is 0 Å². The number of aryl methyl sites for hydroxylation is 2. The van der Waals surface area contributed by atoms with Crippen LogP contribution >= 0.6 is 12.4 Å². The van der Waals surface area contributed by atoms with Crippen molar-refractivity contribution in [3.8, 4) is 22.6 Å². The molecule has 1 N–H and O–H groups in total. The zero-order valence-electron chi connectivity index (χ0n) is 17.9. The number of nitrogens with zero attached hydrogens (tertiary/aromatic N) is 2. The van der Waals surface area contributed by atoms with Crippen molar-refractivity contribution in [3.05, 3.63) is 81.9 Å². The quantitative estimate of drug-likeness (QED) is 0.519. The number of nitrogens with one attached hydrogen (secondary N) is 1. The van der Waals surface area contributed by atoms with Crippen LogP contribution in [0.15, 0.2) is 59.5 Å². The highest BCUT2D eigenvalue weighted by Crippen LogP contribution is 2.30. The number of fused-ring (bicyclic) bond motifs is 3. The van der Waals surface area contributed by atoms with Crippen molar-refractivity contribution >= 4 is 23.3 Å². The lowest BCUT2D eigenvalue weighted by Crippen LogP contribution is -2.24. The number of pyridine rings is 1. The first-order valence-corrected chi connectivity index (χ1v) is 10.3. The number of benzene rings is 2. The highest BCUT2D eigenvalue weighted by Gasteiger charge is 2.18. The maximum Gasteiger partial charge on any atom is 0.255 e. The van der Waals surface area contributed by atoms with Crippen molar-refractivity contribution in [1.82, 2.24) is 14.5 Å². The van der Waals surface area contributed by atoms with Gasteiger partial charge in [0.2, 0.25) is 0 Å². The Morgan fingerprint density at radius 3 is 2.65 bits per heavy atom. The second-order valence-corrected chi connectivity index (χ2v) is 7.92. The summed E-state index contributed by atoms with van der Waals surface area (Å²) in [6, 6.07) is 15.9. The van der Waals surface area contributed by atoms with E-state index in [-0.39, 0.29) is 18.0 Å². The Balaban J connectivity index is 0.00000231. The molecule has 0 atom stereocenters. The molecule has 0 amide bonds. The number of hydrogen-bond acceptors (Lipinski definition) is 3. The van der Waals surface area contributed by atoms with Gasteiger partial charge in [-0.1, -0.05) is 12.1 Å². The van der Waals surface area contributed by atoms with E-state index in [0.717, 1.165) is 47.6 Å². The Morgan fingerprint density at radius 1 is 1.06 bits per heavy atom. The van der Waals surface area contributed by atoms with Crippen LogP contribution in [0.1, 0.15) is 16.8 Å². The summed E-state index contributed by atoms with van der Waals surface area (Å²) in [7, 11) is 3.78. The first kappa shape index (κ1) is 21.2. The Hall–Kier alpha value is -3.02. The Morgan fingerprint density at radius 2 is 1.90 bits per heavy atom. The van der Waals surface area contributed by atoms with Crippen molar-refractivity contribution in [1.29, 1.82) is 0 Å². The number of aromatic nitrogens is 2. The maximum atomic E-state index is 13.0. The molecule has 5 nitrogen and oxygen atoms in total. The first-order chi connectivity index (χ1) is 14.6. The molecule has 0 bridgehead atoms. The fourth-order valence-corrected chi connectivity index (χ4v) is 4.59. The molecular formula is C25H26ClN3O2. The molecule has 160 valence electrons. The van der Waals surface area contributed by atoms with Crippen LogP contribution in [-0.4, -0.2) is 22.8 Å². The summed E-state index contributed by atoms with van der Waals surface area (Å²) in [5.41, 5.74) is 7.82. The fourth-order valence-electron chi connectivity index (χ4n) is 4.59. The predicted molar refractivity (Wildman–Crippen MR) is 128 cm³/mol. The minimum atomic E-state index is -0.0392. The average Bonchev–Trinajstić information content (AvgIpc) is 3.05. The van der Waals surface area contributed by atoms with Gasteiger partial charge in [-0.3, -0.25) is 9.36 Å². The third kappa shape index (κ3) is 3.54. The van der Waals surface area contributed by atoms with Gasteiger partial charge in [-0.05, 0) is 59.5 Å². The standard InChI is InChI=1S/C25H25N3O2.ClH/c1-16-12-19(30-3)5-7-20(16)17-9-11-28(25(29)13-17)18-4-6-21-22-15-26-10-8-23(22)27(2)24(21)14-18;/h4-7,9,11-14,26H,8,10,15H2,1-3H3;1H. The molecule has 3 heterocycles. The summed E-state index contributed by atoms with van der Waals surface area (Å²) in [6.07, 6.45) is 2.90. The van der Waals surface area contributed by atoms with E-state index in [4.69, 9.17) is 4.74 Å². The second kappa shape index (κ2) is 8.25. The highest BCUT2D eigenvalue weighted by molar-refractivity contribution is 5.87. The van der Waals surface area contributed by atoms with E-state index in [1.807, 2.05) is 43.5 Å². The van der Waals surface area contributed by atoms with Crippen LogP contribution in [0.2, 0.25) is 0 Å². The molecule has 2 aromatic heterocycles. The lowest BCUT2D eigenvalue weighted by molar-refractivity contribution is 0.414. The largest absolute Gasteiger partial charge is 0.497 e. The molecule has 31 heavy (non-hydrogen) atoms. The Bertz CT molecular complexity index is 1340. The van der Waals surface area contributed by atoms with Crippen LogP contribution < -0.4 is 15.6 Å². The lowest BCUT2D eigenvalue weighted by atomic mass is 10.0. The van der Waals surface area contributed by atoms with Crippen molar-refractivity contribution in [3.63, 3.8) is 0 Å². The van der Waals surface area contributed by atoms with Gasteiger partial charge in [0.1, 0.15) is 5.75 Å². The molecular weight excluding hydrogens is 410 g/mol. The monoisotopic (exact) mass is 435 g/mol. The van der Waals surface area contributed by atoms with Crippen LogP contribution in [0, 0.1) is 6.92 Å². The lowest BCUT2D eigenvalue weighted by Gasteiger charge is -2.14. The Labute approximate surface area is 187 Å². The van der Waals surface area contributed by atoms with Gasteiger partial charge >= 0.3 is 0 Å². The minimum absolute atomic E-state index is 0. The van der Waals surface area contributed by atoms with E-state index in [2.05, 4.69) is 29.1 Å². The van der Waals surface area contributed by atoms with Gasteiger partial charge in [-0.2, -0.15) is 0 Å². The molecule has 0 fully saturated rings. The molecule has 1 aliphatic heterocycles. The smallest absolute Gasteiger partial charge is 0.255 e. The predicted octanol–water partition coefficient (Wildman–Crippen LogP) is 4.38. The molecule has 0 spiro atoms. The molecule has 4 aromatic rings. The minimum Gasteiger partial charge on any atom is -0.497 e. The van der Waals surface area contributed by atoms with Crippen molar-refractivity contribution in [2.45, 2.75) is 19.9 Å². The number of rotatable bonds is 3. The molecule has 1 aliphatic rings. The molecule has 0 radical (unpaired) electrons. The molecule has 6 heteroatoms. The zero-order chi connectivity index (χ0) is 20.8. The molecule has 0 aliphatic carbocycles. The van der Waals surface area contributed by atoms with E-state index in [1.165, 1.54) is 22.2 Å². The molecule has 2 aromatic carbocycles. The van der Waals surface area contributed by atoms with Gasteiger partial charge < -0.3 is 14.6 Å². The maximum absolute atomic E-state index is 13.0. The number of methoxy groups -OCH3 is 1. The average molecular weight is 436 g/mol. The third-order valence-corrected chi connectivity index (χ3v) is 6.20. The van der Waals surface area contributed by atoms with Gasteiger partial charge in [-0.25, -0.2) is 0 Å². The molecule has 0 saturated heterocycles.